The zero-order valence-electron chi connectivity index (χ0n) is 17.9. The Hall–Kier alpha value is -4.30. The van der Waals surface area contributed by atoms with Crippen molar-refractivity contribution in [2.45, 2.75) is 0 Å². The van der Waals surface area contributed by atoms with E-state index in [1.54, 1.807) is 18.2 Å². The Bertz CT molecular complexity index is 1410. The molecule has 0 aromatic heterocycles. The second-order valence-corrected chi connectivity index (χ2v) is 7.63. The summed E-state index contributed by atoms with van der Waals surface area (Å²) in [6.07, 6.45) is 0. The molecule has 0 saturated heterocycles. The maximum atomic E-state index is 13.1. The fourth-order valence-corrected chi connectivity index (χ4v) is 4.03. The molecule has 0 bridgehead atoms. The van der Waals surface area contributed by atoms with E-state index in [1.807, 2.05) is 0 Å². The maximum absolute atomic E-state index is 13.1. The summed E-state index contributed by atoms with van der Waals surface area (Å²) in [4.78, 5) is 63.1. The lowest BCUT2D eigenvalue weighted by atomic mass is 9.83. The lowest BCUT2D eigenvalue weighted by Gasteiger charge is -2.20. The molecule has 1 aliphatic carbocycles. The van der Waals surface area contributed by atoms with Gasteiger partial charge in [0, 0.05) is 16.7 Å². The Morgan fingerprint density at radius 2 is 1.38 bits per heavy atom. The van der Waals surface area contributed by atoms with Gasteiger partial charge in [-0.05, 0) is 30.3 Å². The van der Waals surface area contributed by atoms with Gasteiger partial charge in [-0.1, -0.05) is 35.9 Å². The van der Waals surface area contributed by atoms with Crippen LogP contribution in [0.1, 0.15) is 62.9 Å². The van der Waals surface area contributed by atoms with E-state index in [9.17, 15) is 24.0 Å². The van der Waals surface area contributed by atoms with Gasteiger partial charge in [-0.3, -0.25) is 14.4 Å². The molecule has 1 amide bonds. The number of halogens is 1. The van der Waals surface area contributed by atoms with Crippen molar-refractivity contribution in [1.82, 2.24) is 0 Å². The van der Waals surface area contributed by atoms with E-state index < -0.39 is 23.6 Å². The number of carbonyl (C=O) groups is 5. The monoisotopic (exact) mass is 477 g/mol. The average molecular weight is 478 g/mol. The second kappa shape index (κ2) is 8.92. The van der Waals surface area contributed by atoms with Crippen LogP contribution in [0.2, 0.25) is 5.02 Å². The van der Waals surface area contributed by atoms with Crippen LogP contribution < -0.4 is 5.32 Å². The predicted octanol–water partition coefficient (Wildman–Crippen LogP) is 3.94. The van der Waals surface area contributed by atoms with Gasteiger partial charge < -0.3 is 14.8 Å². The van der Waals surface area contributed by atoms with Crippen molar-refractivity contribution in [2.24, 2.45) is 0 Å². The molecule has 9 heteroatoms. The van der Waals surface area contributed by atoms with Gasteiger partial charge in [0.1, 0.15) is 0 Å². The van der Waals surface area contributed by atoms with Gasteiger partial charge in [-0.15, -0.1) is 0 Å². The number of carbonyl (C=O) groups excluding carboxylic acids is 5. The molecule has 3 aromatic rings. The van der Waals surface area contributed by atoms with Crippen LogP contribution in [0.25, 0.3) is 0 Å². The number of methoxy groups -OCH3 is 2. The summed E-state index contributed by atoms with van der Waals surface area (Å²) >= 11 is 6.45. The first-order valence-corrected chi connectivity index (χ1v) is 10.3. The highest BCUT2D eigenvalue weighted by molar-refractivity contribution is 6.41. The van der Waals surface area contributed by atoms with Gasteiger partial charge in [-0.25, -0.2) is 9.59 Å². The number of hydrogen-bond acceptors (Lipinski definition) is 7. The van der Waals surface area contributed by atoms with Crippen molar-refractivity contribution in [3.05, 3.63) is 98.6 Å². The minimum absolute atomic E-state index is 0.0160. The van der Waals surface area contributed by atoms with Crippen molar-refractivity contribution in [3.63, 3.8) is 0 Å². The molecule has 8 nitrogen and oxygen atoms in total. The van der Waals surface area contributed by atoms with Crippen LogP contribution in [0, 0.1) is 0 Å². The van der Waals surface area contributed by atoms with Crippen molar-refractivity contribution in [2.75, 3.05) is 19.5 Å². The Morgan fingerprint density at radius 1 is 0.765 bits per heavy atom. The van der Waals surface area contributed by atoms with E-state index in [0.29, 0.717) is 0 Å². The number of benzene rings is 3. The topological polar surface area (TPSA) is 116 Å². The largest absolute Gasteiger partial charge is 0.465 e. The Morgan fingerprint density at radius 3 is 2.03 bits per heavy atom. The van der Waals surface area contributed by atoms with Gasteiger partial charge in [0.15, 0.2) is 11.6 Å². The fraction of sp³-hybridized carbons (Fsp3) is 0.0800. The molecule has 0 atom stereocenters. The summed E-state index contributed by atoms with van der Waals surface area (Å²) in [6, 6.07) is 12.9. The first-order chi connectivity index (χ1) is 16.3. The molecule has 170 valence electrons. The van der Waals surface area contributed by atoms with E-state index in [2.05, 4.69) is 10.1 Å². The van der Waals surface area contributed by atoms with Crippen molar-refractivity contribution in [3.8, 4) is 0 Å². The molecular formula is C25H16ClNO7. The zero-order chi connectivity index (χ0) is 24.6. The standard InChI is InChI=1S/C25H16ClNO7/c1-33-24(31)12-7-8-15(25(32)34-2)18(11-12)27-23(30)17-10-9-16-19(20(17)26)22(29)14-6-4-3-5-13(14)21(16)28/h3-11H,1-2H3,(H,27,30). The van der Waals surface area contributed by atoms with Crippen molar-refractivity contribution >= 4 is 46.7 Å². The summed E-state index contributed by atoms with van der Waals surface area (Å²) in [5.41, 5.74) is 0.412. The number of rotatable bonds is 4. The first kappa shape index (κ1) is 22.9. The van der Waals surface area contributed by atoms with Gasteiger partial charge in [-0.2, -0.15) is 0 Å². The Balaban J connectivity index is 1.76. The Kier molecular flexibility index (Phi) is 6.00. The number of esters is 2. The lowest BCUT2D eigenvalue weighted by Crippen LogP contribution is -2.23. The smallest absolute Gasteiger partial charge is 0.339 e. The summed E-state index contributed by atoms with van der Waals surface area (Å²) in [5.74, 6) is -3.05. The average Bonchev–Trinajstić information content (AvgIpc) is 2.86. The minimum Gasteiger partial charge on any atom is -0.465 e. The molecule has 0 spiro atoms. The van der Waals surface area contributed by atoms with E-state index in [-0.39, 0.29) is 55.4 Å². The van der Waals surface area contributed by atoms with Crippen LogP contribution >= 0.6 is 11.6 Å². The summed E-state index contributed by atoms with van der Waals surface area (Å²) in [5, 5.41) is 2.32. The highest BCUT2D eigenvalue weighted by Gasteiger charge is 2.33. The fourth-order valence-electron chi connectivity index (χ4n) is 3.69. The second-order valence-electron chi connectivity index (χ2n) is 7.25. The van der Waals surface area contributed by atoms with Crippen molar-refractivity contribution in [1.29, 1.82) is 0 Å². The zero-order valence-corrected chi connectivity index (χ0v) is 18.7. The van der Waals surface area contributed by atoms with E-state index in [4.69, 9.17) is 16.3 Å². The molecule has 4 rings (SSSR count). The highest BCUT2D eigenvalue weighted by Crippen LogP contribution is 2.34. The molecule has 0 unspecified atom stereocenters. The predicted molar refractivity (Wildman–Crippen MR) is 122 cm³/mol. The number of anilines is 1. The molecule has 34 heavy (non-hydrogen) atoms. The van der Waals surface area contributed by atoms with E-state index in [0.717, 1.165) is 0 Å². The van der Waals surface area contributed by atoms with Crippen LogP contribution in [0.5, 0.6) is 0 Å². The highest BCUT2D eigenvalue weighted by atomic mass is 35.5. The van der Waals surface area contributed by atoms with E-state index in [1.165, 1.54) is 50.6 Å². The van der Waals surface area contributed by atoms with Crippen LogP contribution in [-0.2, 0) is 9.47 Å². The van der Waals surface area contributed by atoms with Gasteiger partial charge in [0.2, 0.25) is 0 Å². The minimum atomic E-state index is -0.765. The lowest BCUT2D eigenvalue weighted by molar-refractivity contribution is 0.0587. The first-order valence-electron chi connectivity index (χ1n) is 9.91. The van der Waals surface area contributed by atoms with Crippen LogP contribution in [0.3, 0.4) is 0 Å². The number of ketones is 2. The molecule has 1 aliphatic rings. The molecule has 0 aliphatic heterocycles. The molecule has 0 saturated carbocycles. The summed E-state index contributed by atoms with van der Waals surface area (Å²) < 4.78 is 9.41. The molecule has 1 N–H and O–H groups in total. The van der Waals surface area contributed by atoms with E-state index >= 15 is 0 Å². The third kappa shape index (κ3) is 3.74. The molecule has 0 heterocycles. The van der Waals surface area contributed by atoms with Crippen LogP contribution in [0.4, 0.5) is 5.69 Å². The molecule has 0 radical (unpaired) electrons. The molecule has 0 fully saturated rings. The van der Waals surface area contributed by atoms with Gasteiger partial charge >= 0.3 is 11.9 Å². The van der Waals surface area contributed by atoms with Crippen LogP contribution in [-0.4, -0.2) is 43.6 Å². The molecular weight excluding hydrogens is 462 g/mol. The number of fused-ring (bicyclic) bond motifs is 2. The van der Waals surface area contributed by atoms with Crippen molar-refractivity contribution < 1.29 is 33.4 Å². The van der Waals surface area contributed by atoms with Gasteiger partial charge in [0.05, 0.1) is 47.2 Å². The number of amides is 1. The number of nitrogens with one attached hydrogen (secondary N) is 1. The summed E-state index contributed by atoms with van der Waals surface area (Å²) in [6.45, 7) is 0. The number of ether oxygens (including phenoxy) is 2. The molecule has 3 aromatic carbocycles. The summed E-state index contributed by atoms with van der Waals surface area (Å²) in [7, 11) is 2.36. The SMILES string of the molecule is COC(=O)c1ccc(C(=O)OC)c(NC(=O)c2ccc3c(c2Cl)C(=O)c2ccccc2C3=O)c1. The Labute approximate surface area is 198 Å². The third-order valence-electron chi connectivity index (χ3n) is 5.37. The quantitative estimate of drug-likeness (QED) is 0.442. The van der Waals surface area contributed by atoms with Gasteiger partial charge in [0.25, 0.3) is 5.91 Å². The normalized spacial score (nSPS) is 11.9. The third-order valence-corrected chi connectivity index (χ3v) is 5.76. The number of hydrogen-bond donors (Lipinski definition) is 1. The maximum Gasteiger partial charge on any atom is 0.339 e. The van der Waals surface area contributed by atoms with Crippen LogP contribution in [0.15, 0.2) is 54.6 Å².